The van der Waals surface area contributed by atoms with E-state index in [0.29, 0.717) is 24.5 Å². The van der Waals surface area contributed by atoms with Gasteiger partial charge in [0.15, 0.2) is 0 Å². The van der Waals surface area contributed by atoms with E-state index >= 15 is 0 Å². The quantitative estimate of drug-likeness (QED) is 0.731. The van der Waals surface area contributed by atoms with E-state index in [0.717, 1.165) is 37.9 Å². The molecular weight excluding hydrogens is 226 g/mol. The Morgan fingerprint density at radius 2 is 2.22 bits per heavy atom. The molecule has 1 rings (SSSR count). The van der Waals surface area contributed by atoms with Crippen molar-refractivity contribution in [2.24, 2.45) is 11.7 Å². The molecule has 1 aromatic heterocycles. The Morgan fingerprint density at radius 3 is 2.78 bits per heavy atom. The molecule has 0 saturated heterocycles. The molecule has 0 saturated carbocycles. The first-order valence-electron chi connectivity index (χ1n) is 6.92. The van der Waals surface area contributed by atoms with Gasteiger partial charge in [0.1, 0.15) is 5.78 Å². The monoisotopic (exact) mass is 251 g/mol. The largest absolute Gasteiger partial charge is 0.330 e. The maximum Gasteiger partial charge on any atom is 0.137 e. The van der Waals surface area contributed by atoms with Crippen molar-refractivity contribution in [3.63, 3.8) is 0 Å². The second-order valence-electron chi connectivity index (χ2n) is 4.81. The van der Waals surface area contributed by atoms with Crippen LogP contribution in [0.15, 0.2) is 12.4 Å². The van der Waals surface area contributed by atoms with Crippen LogP contribution in [0.1, 0.15) is 45.1 Å². The third-order valence-electron chi connectivity index (χ3n) is 3.40. The van der Waals surface area contributed by atoms with Gasteiger partial charge in [-0.1, -0.05) is 13.3 Å². The molecule has 1 atom stereocenters. The van der Waals surface area contributed by atoms with Crippen LogP contribution in [0.3, 0.4) is 0 Å². The number of nitrogens with two attached hydrogens (primary N) is 1. The molecule has 0 radical (unpaired) electrons. The minimum Gasteiger partial charge on any atom is -0.330 e. The number of hydrogen-bond acceptors (Lipinski definition) is 3. The molecule has 0 aromatic carbocycles. The van der Waals surface area contributed by atoms with Crippen LogP contribution in [0, 0.1) is 5.92 Å². The highest BCUT2D eigenvalue weighted by atomic mass is 16.1. The molecule has 2 N–H and O–H groups in total. The molecule has 0 amide bonds. The van der Waals surface area contributed by atoms with Crippen molar-refractivity contribution in [1.82, 2.24) is 9.78 Å². The van der Waals surface area contributed by atoms with Gasteiger partial charge in [0, 0.05) is 25.6 Å². The summed E-state index contributed by atoms with van der Waals surface area (Å²) in [5.74, 6) is 0.901. The molecule has 0 aliphatic heterocycles. The van der Waals surface area contributed by atoms with E-state index < -0.39 is 0 Å². The van der Waals surface area contributed by atoms with Gasteiger partial charge < -0.3 is 5.73 Å². The summed E-state index contributed by atoms with van der Waals surface area (Å²) in [4.78, 5) is 11.9. The van der Waals surface area contributed by atoms with Crippen LogP contribution in [-0.4, -0.2) is 22.1 Å². The summed E-state index contributed by atoms with van der Waals surface area (Å²) in [5, 5.41) is 4.18. The summed E-state index contributed by atoms with van der Waals surface area (Å²) < 4.78 is 1.85. The Balaban J connectivity index is 2.32. The van der Waals surface area contributed by atoms with Crippen LogP contribution in [-0.2, 0) is 17.8 Å². The van der Waals surface area contributed by atoms with Gasteiger partial charge in [-0.3, -0.25) is 9.48 Å². The topological polar surface area (TPSA) is 60.9 Å². The zero-order valence-electron chi connectivity index (χ0n) is 11.6. The summed E-state index contributed by atoms with van der Waals surface area (Å²) in [5.41, 5.74) is 6.58. The highest BCUT2D eigenvalue weighted by Gasteiger charge is 2.10. The number of aromatic nitrogens is 2. The maximum absolute atomic E-state index is 11.9. The summed E-state index contributed by atoms with van der Waals surface area (Å²) in [6.45, 7) is 5.77. The Hall–Kier alpha value is -1.16. The first-order valence-corrected chi connectivity index (χ1v) is 6.92. The maximum atomic E-state index is 11.9. The highest BCUT2D eigenvalue weighted by Crippen LogP contribution is 2.15. The average molecular weight is 251 g/mol. The number of ketones is 1. The third kappa shape index (κ3) is 5.00. The molecule has 1 heterocycles. The number of nitrogens with zero attached hydrogens (tertiary/aromatic N) is 2. The van der Waals surface area contributed by atoms with Crippen LogP contribution < -0.4 is 5.73 Å². The highest BCUT2D eigenvalue weighted by molar-refractivity contribution is 5.80. The molecule has 0 aliphatic rings. The number of rotatable bonds is 9. The zero-order chi connectivity index (χ0) is 13.4. The summed E-state index contributed by atoms with van der Waals surface area (Å²) in [6, 6.07) is 0. The standard InChI is InChI=1S/C14H25N3O/c1-3-12(7-8-15)5-6-14(18)9-13-10-16-17(4-2)11-13/h10-12H,3-9,15H2,1-2H3. The van der Waals surface area contributed by atoms with Crippen LogP contribution in [0.5, 0.6) is 0 Å². The molecule has 0 fully saturated rings. The van der Waals surface area contributed by atoms with E-state index in [-0.39, 0.29) is 0 Å². The van der Waals surface area contributed by atoms with Crippen LogP contribution in [0.4, 0.5) is 0 Å². The second-order valence-corrected chi connectivity index (χ2v) is 4.81. The van der Waals surface area contributed by atoms with Gasteiger partial charge in [-0.25, -0.2) is 0 Å². The number of hydrogen-bond donors (Lipinski definition) is 1. The number of aryl methyl sites for hydroxylation is 1. The fraction of sp³-hybridized carbons (Fsp3) is 0.714. The minimum absolute atomic E-state index is 0.307. The molecule has 4 heteroatoms. The van der Waals surface area contributed by atoms with Gasteiger partial charge in [0.25, 0.3) is 0 Å². The molecule has 1 unspecified atom stereocenters. The van der Waals surface area contributed by atoms with Crippen molar-refractivity contribution < 1.29 is 4.79 Å². The molecule has 18 heavy (non-hydrogen) atoms. The zero-order valence-corrected chi connectivity index (χ0v) is 11.6. The number of carbonyl (C=O) groups excluding carboxylic acids is 1. The van der Waals surface area contributed by atoms with Crippen molar-refractivity contribution in [2.75, 3.05) is 6.54 Å². The molecule has 0 spiro atoms. The van der Waals surface area contributed by atoms with E-state index in [4.69, 9.17) is 5.73 Å². The first kappa shape index (κ1) is 14.9. The van der Waals surface area contributed by atoms with Crippen LogP contribution in [0.25, 0.3) is 0 Å². The van der Waals surface area contributed by atoms with E-state index in [9.17, 15) is 4.79 Å². The predicted octanol–water partition coefficient (Wildman–Crippen LogP) is 2.17. The normalized spacial score (nSPS) is 12.6. The molecular formula is C14H25N3O. The van der Waals surface area contributed by atoms with E-state index in [1.165, 1.54) is 0 Å². The lowest BCUT2D eigenvalue weighted by Crippen LogP contribution is -2.11. The lowest BCUT2D eigenvalue weighted by atomic mass is 9.94. The average Bonchev–Trinajstić information content (AvgIpc) is 2.82. The lowest BCUT2D eigenvalue weighted by molar-refractivity contribution is -0.118. The third-order valence-corrected chi connectivity index (χ3v) is 3.40. The van der Waals surface area contributed by atoms with Crippen LogP contribution >= 0.6 is 0 Å². The molecule has 1 aromatic rings. The number of carbonyl (C=O) groups is 1. The van der Waals surface area contributed by atoms with E-state index in [2.05, 4.69) is 12.0 Å². The van der Waals surface area contributed by atoms with Gasteiger partial charge in [0.2, 0.25) is 0 Å². The van der Waals surface area contributed by atoms with Crippen molar-refractivity contribution in [3.8, 4) is 0 Å². The Bertz CT molecular complexity index is 360. The summed E-state index contributed by atoms with van der Waals surface area (Å²) in [7, 11) is 0. The molecule has 102 valence electrons. The van der Waals surface area contributed by atoms with Gasteiger partial charge >= 0.3 is 0 Å². The summed E-state index contributed by atoms with van der Waals surface area (Å²) in [6.07, 6.45) is 8.02. The SMILES string of the molecule is CCC(CCN)CCC(=O)Cc1cnn(CC)c1. The Morgan fingerprint density at radius 1 is 1.44 bits per heavy atom. The van der Waals surface area contributed by atoms with E-state index in [1.807, 2.05) is 17.8 Å². The van der Waals surface area contributed by atoms with Gasteiger partial charge in [-0.15, -0.1) is 0 Å². The summed E-state index contributed by atoms with van der Waals surface area (Å²) >= 11 is 0. The number of Topliss-reactive ketones (excluding diaryl/α,β-unsaturated/α-hetero) is 1. The Kier molecular flexibility index (Phi) is 6.65. The molecule has 0 aliphatic carbocycles. The van der Waals surface area contributed by atoms with Crippen molar-refractivity contribution in [1.29, 1.82) is 0 Å². The predicted molar refractivity (Wildman–Crippen MR) is 73.3 cm³/mol. The van der Waals surface area contributed by atoms with Crippen LogP contribution in [0.2, 0.25) is 0 Å². The fourth-order valence-corrected chi connectivity index (χ4v) is 2.14. The van der Waals surface area contributed by atoms with Crippen molar-refractivity contribution in [2.45, 2.75) is 52.5 Å². The van der Waals surface area contributed by atoms with Gasteiger partial charge in [-0.05, 0) is 37.8 Å². The minimum atomic E-state index is 0.307. The lowest BCUT2D eigenvalue weighted by Gasteiger charge is -2.12. The van der Waals surface area contributed by atoms with Gasteiger partial charge in [0.05, 0.1) is 6.20 Å². The van der Waals surface area contributed by atoms with Gasteiger partial charge in [-0.2, -0.15) is 5.10 Å². The molecule has 0 bridgehead atoms. The fourth-order valence-electron chi connectivity index (χ4n) is 2.14. The second kappa shape index (κ2) is 8.03. The first-order chi connectivity index (χ1) is 8.69. The van der Waals surface area contributed by atoms with E-state index in [1.54, 1.807) is 6.20 Å². The Labute approximate surface area is 110 Å². The van der Waals surface area contributed by atoms with Crippen molar-refractivity contribution >= 4 is 5.78 Å². The van der Waals surface area contributed by atoms with Crippen molar-refractivity contribution in [3.05, 3.63) is 18.0 Å². The molecule has 4 nitrogen and oxygen atoms in total. The smallest absolute Gasteiger partial charge is 0.137 e.